The molecule has 0 spiro atoms. The Morgan fingerprint density at radius 1 is 1.25 bits per heavy atom. The third-order valence-electron chi connectivity index (χ3n) is 5.83. The molecule has 4 rings (SSSR count). The van der Waals surface area contributed by atoms with Crippen molar-refractivity contribution in [3.05, 3.63) is 48.3 Å². The van der Waals surface area contributed by atoms with Crippen molar-refractivity contribution in [2.75, 3.05) is 10.7 Å². The molecule has 0 bridgehead atoms. The monoisotopic (exact) mass is 396 g/mol. The minimum Gasteiger partial charge on any atom is -0.308 e. The maximum atomic E-state index is 13.0. The Morgan fingerprint density at radius 2 is 2.04 bits per heavy atom. The first-order valence-corrected chi connectivity index (χ1v) is 11.2. The summed E-state index contributed by atoms with van der Waals surface area (Å²) >= 11 is 1.49. The molecule has 0 radical (unpaired) electrons. The van der Waals surface area contributed by atoms with E-state index in [-0.39, 0.29) is 11.9 Å². The number of carbonyl (C=O) groups excluding carboxylic acids is 1. The van der Waals surface area contributed by atoms with Crippen LogP contribution in [-0.2, 0) is 17.8 Å². The smallest absolute Gasteiger partial charge is 0.237 e. The fourth-order valence-corrected chi connectivity index (χ4v) is 5.33. The van der Waals surface area contributed by atoms with E-state index in [1.54, 1.807) is 0 Å². The van der Waals surface area contributed by atoms with Crippen LogP contribution in [0.2, 0.25) is 0 Å². The Hall–Kier alpha value is -2.08. The molecule has 1 aromatic heterocycles. The standard InChI is InChI=1S/C22H28N4OS/c1-3-13-25-21(17-9-5-4-6-10-17)23-24-22(25)28-15-20(27)26-16(2)14-18-11-7-8-12-19(18)26/h3,7-8,11-12,16-17H,1,4-6,9-10,13-15H2,2H3. The normalized spacial score (nSPS) is 19.6. The molecule has 0 saturated heterocycles. The van der Waals surface area contributed by atoms with E-state index in [0.29, 0.717) is 18.2 Å². The Labute approximate surface area is 171 Å². The number of carbonyl (C=O) groups is 1. The minimum absolute atomic E-state index is 0.134. The summed E-state index contributed by atoms with van der Waals surface area (Å²) in [5, 5.41) is 9.76. The summed E-state index contributed by atoms with van der Waals surface area (Å²) in [6, 6.07) is 8.40. The van der Waals surface area contributed by atoms with Crippen molar-refractivity contribution in [1.29, 1.82) is 0 Å². The first-order valence-electron chi connectivity index (χ1n) is 10.3. The lowest BCUT2D eigenvalue weighted by Gasteiger charge is -2.23. The topological polar surface area (TPSA) is 51.0 Å². The molecule has 6 heteroatoms. The molecule has 2 aliphatic rings. The van der Waals surface area contributed by atoms with Crippen LogP contribution >= 0.6 is 11.8 Å². The number of hydrogen-bond donors (Lipinski definition) is 0. The molecule has 0 N–H and O–H groups in total. The first kappa shape index (κ1) is 19.2. The molecule has 1 fully saturated rings. The summed E-state index contributed by atoms with van der Waals surface area (Å²) in [6.45, 7) is 6.70. The SMILES string of the molecule is C=CCn1c(SCC(=O)N2c3ccccc3CC2C)nnc1C1CCCCC1. The number of para-hydroxylation sites is 1. The van der Waals surface area contributed by atoms with Crippen LogP contribution in [0.5, 0.6) is 0 Å². The van der Waals surface area contributed by atoms with Gasteiger partial charge in [-0.15, -0.1) is 16.8 Å². The van der Waals surface area contributed by atoms with Gasteiger partial charge < -0.3 is 9.47 Å². The van der Waals surface area contributed by atoms with E-state index in [1.165, 1.54) is 49.4 Å². The van der Waals surface area contributed by atoms with Gasteiger partial charge in [0.15, 0.2) is 5.16 Å². The molecular weight excluding hydrogens is 368 g/mol. The van der Waals surface area contributed by atoms with Gasteiger partial charge in [-0.2, -0.15) is 0 Å². The van der Waals surface area contributed by atoms with Gasteiger partial charge in [0.25, 0.3) is 0 Å². The van der Waals surface area contributed by atoms with Crippen molar-refractivity contribution in [2.24, 2.45) is 0 Å². The molecule has 148 valence electrons. The van der Waals surface area contributed by atoms with Crippen LogP contribution in [0.4, 0.5) is 5.69 Å². The van der Waals surface area contributed by atoms with Crippen LogP contribution in [0, 0.1) is 0 Å². The lowest BCUT2D eigenvalue weighted by atomic mass is 9.89. The molecule has 1 saturated carbocycles. The second-order valence-electron chi connectivity index (χ2n) is 7.81. The number of benzene rings is 1. The molecular formula is C22H28N4OS. The quantitative estimate of drug-likeness (QED) is 0.530. The lowest BCUT2D eigenvalue weighted by molar-refractivity contribution is -0.116. The molecule has 1 aliphatic heterocycles. The lowest BCUT2D eigenvalue weighted by Crippen LogP contribution is -2.37. The average molecular weight is 397 g/mol. The minimum atomic E-state index is 0.134. The van der Waals surface area contributed by atoms with Crippen molar-refractivity contribution >= 4 is 23.4 Å². The summed E-state index contributed by atoms with van der Waals surface area (Å²) in [7, 11) is 0. The zero-order valence-electron chi connectivity index (χ0n) is 16.5. The van der Waals surface area contributed by atoms with Crippen LogP contribution in [0.25, 0.3) is 0 Å². The number of thioether (sulfide) groups is 1. The molecule has 2 aromatic rings. The number of fused-ring (bicyclic) bond motifs is 1. The Kier molecular flexibility index (Phi) is 5.85. The zero-order chi connectivity index (χ0) is 19.5. The van der Waals surface area contributed by atoms with Gasteiger partial charge in [-0.3, -0.25) is 4.79 Å². The van der Waals surface area contributed by atoms with Gasteiger partial charge in [0.2, 0.25) is 5.91 Å². The van der Waals surface area contributed by atoms with E-state index >= 15 is 0 Å². The Bertz CT molecular complexity index is 856. The fraction of sp³-hybridized carbons (Fsp3) is 0.500. The highest BCUT2D eigenvalue weighted by Crippen LogP contribution is 2.35. The van der Waals surface area contributed by atoms with E-state index < -0.39 is 0 Å². The van der Waals surface area contributed by atoms with E-state index in [4.69, 9.17) is 0 Å². The van der Waals surface area contributed by atoms with Gasteiger partial charge in [-0.25, -0.2) is 0 Å². The van der Waals surface area contributed by atoms with Crippen LogP contribution in [0.15, 0.2) is 42.1 Å². The number of amides is 1. The highest BCUT2D eigenvalue weighted by molar-refractivity contribution is 7.99. The number of aromatic nitrogens is 3. The van der Waals surface area contributed by atoms with Gasteiger partial charge in [-0.1, -0.05) is 55.3 Å². The number of nitrogens with zero attached hydrogens (tertiary/aromatic N) is 4. The number of anilines is 1. The summed E-state index contributed by atoms with van der Waals surface area (Å²) in [6.07, 6.45) is 9.02. The molecule has 28 heavy (non-hydrogen) atoms. The van der Waals surface area contributed by atoms with Crippen LogP contribution in [0.3, 0.4) is 0 Å². The predicted octanol–water partition coefficient (Wildman–Crippen LogP) is 4.58. The number of rotatable bonds is 6. The van der Waals surface area contributed by atoms with Crippen molar-refractivity contribution in [2.45, 2.75) is 69.1 Å². The summed E-state index contributed by atoms with van der Waals surface area (Å²) in [5.41, 5.74) is 2.30. The van der Waals surface area contributed by atoms with E-state index in [2.05, 4.69) is 34.3 Å². The van der Waals surface area contributed by atoms with Gasteiger partial charge >= 0.3 is 0 Å². The van der Waals surface area contributed by atoms with E-state index in [1.807, 2.05) is 29.2 Å². The van der Waals surface area contributed by atoms with Gasteiger partial charge in [0.1, 0.15) is 5.82 Å². The molecule has 1 aliphatic carbocycles. The number of allylic oxidation sites excluding steroid dienone is 1. The third kappa shape index (κ3) is 3.75. The first-order chi connectivity index (χ1) is 13.7. The Balaban J connectivity index is 1.48. The third-order valence-corrected chi connectivity index (χ3v) is 6.78. The molecule has 1 amide bonds. The fourth-order valence-electron chi connectivity index (χ4n) is 4.51. The molecule has 5 nitrogen and oxygen atoms in total. The van der Waals surface area contributed by atoms with Crippen molar-refractivity contribution in [1.82, 2.24) is 14.8 Å². The Morgan fingerprint density at radius 3 is 2.82 bits per heavy atom. The molecule has 2 heterocycles. The molecule has 1 unspecified atom stereocenters. The number of hydrogen-bond acceptors (Lipinski definition) is 4. The van der Waals surface area contributed by atoms with Crippen LogP contribution < -0.4 is 4.90 Å². The second kappa shape index (κ2) is 8.52. The van der Waals surface area contributed by atoms with Gasteiger partial charge in [0.05, 0.1) is 5.75 Å². The van der Waals surface area contributed by atoms with Crippen molar-refractivity contribution in [3.63, 3.8) is 0 Å². The van der Waals surface area contributed by atoms with Gasteiger partial charge in [-0.05, 0) is 37.8 Å². The van der Waals surface area contributed by atoms with Crippen molar-refractivity contribution < 1.29 is 4.79 Å². The summed E-state index contributed by atoms with van der Waals surface area (Å²) in [5.74, 6) is 2.06. The largest absolute Gasteiger partial charge is 0.308 e. The maximum absolute atomic E-state index is 13.0. The van der Waals surface area contributed by atoms with Gasteiger partial charge in [0, 0.05) is 24.2 Å². The highest BCUT2D eigenvalue weighted by atomic mass is 32.2. The predicted molar refractivity (Wildman–Crippen MR) is 114 cm³/mol. The second-order valence-corrected chi connectivity index (χ2v) is 8.75. The summed E-state index contributed by atoms with van der Waals surface area (Å²) in [4.78, 5) is 14.9. The highest BCUT2D eigenvalue weighted by Gasteiger charge is 2.31. The van der Waals surface area contributed by atoms with E-state index in [9.17, 15) is 4.79 Å². The molecule has 1 aromatic carbocycles. The van der Waals surface area contributed by atoms with Crippen molar-refractivity contribution in [3.8, 4) is 0 Å². The summed E-state index contributed by atoms with van der Waals surface area (Å²) < 4.78 is 2.16. The van der Waals surface area contributed by atoms with E-state index in [0.717, 1.165) is 23.1 Å². The molecule has 1 atom stereocenters. The van der Waals surface area contributed by atoms with Crippen LogP contribution in [0.1, 0.15) is 56.3 Å². The zero-order valence-corrected chi connectivity index (χ0v) is 17.3. The maximum Gasteiger partial charge on any atom is 0.237 e. The average Bonchev–Trinajstić information content (AvgIpc) is 3.27. The van der Waals surface area contributed by atoms with Crippen LogP contribution in [-0.4, -0.2) is 32.5 Å².